The quantitative estimate of drug-likeness (QED) is 0.820. The van der Waals surface area contributed by atoms with Crippen LogP contribution in [-0.2, 0) is 14.8 Å². The first-order chi connectivity index (χ1) is 11.7. The van der Waals surface area contributed by atoms with Crippen molar-refractivity contribution in [2.75, 3.05) is 18.9 Å². The van der Waals surface area contributed by atoms with Gasteiger partial charge in [0, 0.05) is 11.7 Å². The van der Waals surface area contributed by atoms with Crippen molar-refractivity contribution < 1.29 is 17.6 Å². The van der Waals surface area contributed by atoms with Crippen LogP contribution in [0, 0.1) is 5.82 Å². The van der Waals surface area contributed by atoms with Crippen LogP contribution in [0.15, 0.2) is 53.4 Å². The van der Waals surface area contributed by atoms with Crippen molar-refractivity contribution in [1.29, 1.82) is 0 Å². The van der Waals surface area contributed by atoms with Gasteiger partial charge in [-0.3, -0.25) is 9.69 Å². The van der Waals surface area contributed by atoms with Gasteiger partial charge in [-0.05, 0) is 55.9 Å². The highest BCUT2D eigenvalue weighted by Crippen LogP contribution is 2.19. The Morgan fingerprint density at radius 1 is 1.16 bits per heavy atom. The molecule has 0 aliphatic carbocycles. The molecule has 1 atom stereocenters. The number of halogens is 1. The van der Waals surface area contributed by atoms with E-state index >= 15 is 0 Å². The van der Waals surface area contributed by atoms with Gasteiger partial charge in [-0.25, -0.2) is 17.9 Å². The highest BCUT2D eigenvalue weighted by Gasteiger charge is 2.15. The second-order valence-corrected chi connectivity index (χ2v) is 7.32. The van der Waals surface area contributed by atoms with Crippen LogP contribution >= 0.6 is 0 Å². The number of nitrogens with one attached hydrogen (secondary N) is 1. The molecule has 3 N–H and O–H groups in total. The maximum atomic E-state index is 13.0. The normalized spacial score (nSPS) is 12.8. The van der Waals surface area contributed by atoms with E-state index < -0.39 is 10.0 Å². The van der Waals surface area contributed by atoms with Gasteiger partial charge in [0.1, 0.15) is 5.82 Å². The lowest BCUT2D eigenvalue weighted by molar-refractivity contribution is -0.117. The van der Waals surface area contributed by atoms with E-state index in [0.717, 1.165) is 5.56 Å². The number of sulfonamides is 1. The van der Waals surface area contributed by atoms with E-state index in [4.69, 9.17) is 5.14 Å². The number of carbonyl (C=O) groups is 1. The maximum absolute atomic E-state index is 13.0. The van der Waals surface area contributed by atoms with Crippen LogP contribution in [0.3, 0.4) is 0 Å². The third-order valence-corrected chi connectivity index (χ3v) is 4.80. The number of hydrogen-bond donors (Lipinski definition) is 2. The molecule has 2 aromatic carbocycles. The zero-order valence-electron chi connectivity index (χ0n) is 13.9. The number of carbonyl (C=O) groups excluding carboxylic acids is 1. The van der Waals surface area contributed by atoms with Gasteiger partial charge >= 0.3 is 0 Å². The van der Waals surface area contributed by atoms with E-state index in [1.165, 1.54) is 36.4 Å². The second-order valence-electron chi connectivity index (χ2n) is 5.76. The zero-order chi connectivity index (χ0) is 18.6. The van der Waals surface area contributed by atoms with E-state index in [1.807, 2.05) is 11.8 Å². The van der Waals surface area contributed by atoms with E-state index in [2.05, 4.69) is 5.32 Å². The molecule has 2 rings (SSSR count). The zero-order valence-corrected chi connectivity index (χ0v) is 14.8. The molecular formula is C17H20FN3O3S. The van der Waals surface area contributed by atoms with Gasteiger partial charge in [0.25, 0.3) is 0 Å². The minimum Gasteiger partial charge on any atom is -0.325 e. The Morgan fingerprint density at radius 2 is 1.72 bits per heavy atom. The van der Waals surface area contributed by atoms with Crippen molar-refractivity contribution in [2.45, 2.75) is 17.9 Å². The van der Waals surface area contributed by atoms with Gasteiger partial charge in [-0.2, -0.15) is 0 Å². The average molecular weight is 365 g/mol. The van der Waals surface area contributed by atoms with Crippen molar-refractivity contribution in [2.24, 2.45) is 5.14 Å². The predicted molar refractivity (Wildman–Crippen MR) is 93.9 cm³/mol. The van der Waals surface area contributed by atoms with E-state index in [0.29, 0.717) is 5.69 Å². The van der Waals surface area contributed by atoms with Gasteiger partial charge in [-0.15, -0.1) is 0 Å². The Kier molecular flexibility index (Phi) is 5.89. The molecule has 1 amide bonds. The van der Waals surface area contributed by atoms with Gasteiger partial charge in [-0.1, -0.05) is 12.1 Å². The van der Waals surface area contributed by atoms with Crippen molar-refractivity contribution in [3.8, 4) is 0 Å². The Hall–Kier alpha value is -2.29. The van der Waals surface area contributed by atoms with Gasteiger partial charge < -0.3 is 5.32 Å². The molecule has 0 aliphatic heterocycles. The lowest BCUT2D eigenvalue weighted by atomic mass is 10.1. The minimum absolute atomic E-state index is 0.0208. The number of benzene rings is 2. The summed E-state index contributed by atoms with van der Waals surface area (Å²) in [4.78, 5) is 13.9. The monoisotopic (exact) mass is 365 g/mol. The molecule has 0 aromatic heterocycles. The van der Waals surface area contributed by atoms with Crippen LogP contribution in [0.25, 0.3) is 0 Å². The van der Waals surface area contributed by atoms with Gasteiger partial charge in [0.05, 0.1) is 11.4 Å². The smallest absolute Gasteiger partial charge is 0.238 e. The summed E-state index contributed by atoms with van der Waals surface area (Å²) < 4.78 is 35.4. The van der Waals surface area contributed by atoms with Crippen LogP contribution in [0.5, 0.6) is 0 Å². The Morgan fingerprint density at radius 3 is 2.24 bits per heavy atom. The van der Waals surface area contributed by atoms with Crippen LogP contribution in [0.1, 0.15) is 18.5 Å². The van der Waals surface area contributed by atoms with Crippen LogP contribution in [0.2, 0.25) is 0 Å². The van der Waals surface area contributed by atoms with Crippen LogP contribution in [-0.4, -0.2) is 32.8 Å². The highest BCUT2D eigenvalue weighted by molar-refractivity contribution is 7.89. The minimum atomic E-state index is -3.76. The fourth-order valence-corrected chi connectivity index (χ4v) is 2.80. The number of rotatable bonds is 6. The highest BCUT2D eigenvalue weighted by atomic mass is 32.2. The van der Waals surface area contributed by atoms with Crippen molar-refractivity contribution in [3.63, 3.8) is 0 Å². The molecule has 25 heavy (non-hydrogen) atoms. The predicted octanol–water partition coefficient (Wildman–Crippen LogP) is 2.10. The van der Waals surface area contributed by atoms with Crippen molar-refractivity contribution in [3.05, 3.63) is 59.9 Å². The fourth-order valence-electron chi connectivity index (χ4n) is 2.29. The first-order valence-electron chi connectivity index (χ1n) is 7.55. The molecule has 0 spiro atoms. The van der Waals surface area contributed by atoms with Crippen molar-refractivity contribution in [1.82, 2.24) is 4.90 Å². The Balaban J connectivity index is 1.96. The molecular weight excluding hydrogens is 345 g/mol. The second kappa shape index (κ2) is 7.73. The number of anilines is 1. The molecule has 1 unspecified atom stereocenters. The molecule has 0 aliphatic rings. The standard InChI is InChI=1S/C17H20FN3O3S/c1-12(13-3-5-14(18)6-4-13)21(2)11-17(22)20-15-7-9-16(10-8-15)25(19,23)24/h3-10,12H,11H2,1-2H3,(H,20,22)(H2,19,23,24). The maximum Gasteiger partial charge on any atom is 0.238 e. The van der Waals surface area contributed by atoms with Crippen molar-refractivity contribution >= 4 is 21.6 Å². The first kappa shape index (κ1) is 19.0. The molecule has 0 radical (unpaired) electrons. The lowest BCUT2D eigenvalue weighted by Gasteiger charge is -2.24. The molecule has 0 bridgehead atoms. The summed E-state index contributed by atoms with van der Waals surface area (Å²) in [5.74, 6) is -0.556. The number of likely N-dealkylation sites (N-methyl/N-ethyl adjacent to an activating group) is 1. The SMILES string of the molecule is CC(c1ccc(F)cc1)N(C)CC(=O)Nc1ccc(S(N)(=O)=O)cc1. The first-order valence-corrected chi connectivity index (χ1v) is 9.10. The molecule has 0 fully saturated rings. The number of hydrogen-bond acceptors (Lipinski definition) is 4. The summed E-state index contributed by atoms with van der Waals surface area (Å²) in [6.07, 6.45) is 0. The molecule has 0 saturated carbocycles. The molecule has 134 valence electrons. The lowest BCUT2D eigenvalue weighted by Crippen LogP contribution is -2.32. The van der Waals surface area contributed by atoms with Crippen LogP contribution < -0.4 is 10.5 Å². The Bertz CT molecular complexity index is 836. The third kappa shape index (κ3) is 5.35. The molecule has 0 heterocycles. The molecule has 8 heteroatoms. The summed E-state index contributed by atoms with van der Waals surface area (Å²) in [7, 11) is -1.97. The molecule has 2 aromatic rings. The van der Waals surface area contributed by atoms with E-state index in [9.17, 15) is 17.6 Å². The van der Waals surface area contributed by atoms with E-state index in [1.54, 1.807) is 19.2 Å². The van der Waals surface area contributed by atoms with Crippen LogP contribution in [0.4, 0.5) is 10.1 Å². The molecule has 6 nitrogen and oxygen atoms in total. The summed E-state index contributed by atoms with van der Waals surface area (Å²) in [6, 6.07) is 11.7. The number of nitrogens with two attached hydrogens (primary N) is 1. The van der Waals surface area contributed by atoms with Gasteiger partial charge in [0.2, 0.25) is 15.9 Å². The molecule has 0 saturated heterocycles. The topological polar surface area (TPSA) is 92.5 Å². The fraction of sp³-hybridized carbons (Fsp3) is 0.235. The van der Waals surface area contributed by atoms with Gasteiger partial charge in [0.15, 0.2) is 0 Å². The third-order valence-electron chi connectivity index (χ3n) is 3.87. The number of nitrogens with zero attached hydrogens (tertiary/aromatic N) is 1. The number of amides is 1. The number of primary sulfonamides is 1. The summed E-state index contributed by atoms with van der Waals surface area (Å²) in [5.41, 5.74) is 1.37. The average Bonchev–Trinajstić information content (AvgIpc) is 2.54. The largest absolute Gasteiger partial charge is 0.325 e. The summed E-state index contributed by atoms with van der Waals surface area (Å²) in [6.45, 7) is 2.04. The van der Waals surface area contributed by atoms with E-state index in [-0.39, 0.29) is 29.2 Å². The summed E-state index contributed by atoms with van der Waals surface area (Å²) >= 11 is 0. The Labute approximate surface area is 146 Å². The summed E-state index contributed by atoms with van der Waals surface area (Å²) in [5, 5.41) is 7.72.